The summed E-state index contributed by atoms with van der Waals surface area (Å²) in [6.45, 7) is 6.47. The van der Waals surface area contributed by atoms with Gasteiger partial charge in [-0.1, -0.05) is 29.8 Å². The minimum atomic E-state index is 0.0588. The molecule has 0 saturated carbocycles. The number of likely N-dealkylation sites (tertiary alicyclic amines) is 1. The van der Waals surface area contributed by atoms with Crippen LogP contribution in [0.5, 0.6) is 0 Å². The molecule has 3 rings (SSSR count). The van der Waals surface area contributed by atoms with Crippen molar-refractivity contribution >= 4 is 11.8 Å². The zero-order valence-corrected chi connectivity index (χ0v) is 16.1. The van der Waals surface area contributed by atoms with Gasteiger partial charge in [-0.15, -0.1) is 0 Å². The summed E-state index contributed by atoms with van der Waals surface area (Å²) in [6.07, 6.45) is 3.97. The van der Waals surface area contributed by atoms with Gasteiger partial charge in [0, 0.05) is 32.6 Å². The van der Waals surface area contributed by atoms with E-state index >= 15 is 0 Å². The standard InChI is InChI=1S/C21H31N3O2/c1-17-5-3-6-19(13-17)15-23-11-12-24(16-21(23)26)20(25)9-8-18-7-4-10-22(2)14-18/h3,5-6,13,18H,4,7-12,14-16H2,1-2H3/t18-/m0/s1. The van der Waals surface area contributed by atoms with Crippen LogP contribution in [0.3, 0.4) is 0 Å². The molecule has 2 aliphatic rings. The highest BCUT2D eigenvalue weighted by Crippen LogP contribution is 2.21. The van der Waals surface area contributed by atoms with Crippen LogP contribution in [-0.2, 0) is 16.1 Å². The number of carbonyl (C=O) groups excluding carboxylic acids is 2. The Morgan fingerprint density at radius 1 is 1.23 bits per heavy atom. The van der Waals surface area contributed by atoms with E-state index in [-0.39, 0.29) is 18.4 Å². The molecular formula is C21H31N3O2. The third-order valence-electron chi connectivity index (χ3n) is 5.62. The molecule has 0 bridgehead atoms. The SMILES string of the molecule is Cc1cccc(CN2CCN(C(=O)CC[C@@H]3CCCN(C)C3)CC2=O)c1. The van der Waals surface area contributed by atoms with Crippen LogP contribution in [0.25, 0.3) is 0 Å². The molecule has 142 valence electrons. The van der Waals surface area contributed by atoms with Crippen molar-refractivity contribution in [2.75, 3.05) is 39.8 Å². The maximum Gasteiger partial charge on any atom is 0.242 e. The summed E-state index contributed by atoms with van der Waals surface area (Å²) in [5.74, 6) is 0.821. The smallest absolute Gasteiger partial charge is 0.242 e. The molecule has 2 fully saturated rings. The molecule has 1 aromatic rings. The first kappa shape index (κ1) is 18.9. The second-order valence-corrected chi connectivity index (χ2v) is 7.93. The molecule has 26 heavy (non-hydrogen) atoms. The number of piperazine rings is 1. The van der Waals surface area contributed by atoms with Crippen LogP contribution in [0.2, 0.25) is 0 Å². The van der Waals surface area contributed by atoms with E-state index in [0.717, 1.165) is 18.5 Å². The first-order valence-corrected chi connectivity index (χ1v) is 9.81. The van der Waals surface area contributed by atoms with Gasteiger partial charge in [-0.25, -0.2) is 0 Å². The molecule has 0 unspecified atom stereocenters. The zero-order chi connectivity index (χ0) is 18.5. The van der Waals surface area contributed by atoms with E-state index in [1.54, 1.807) is 4.90 Å². The van der Waals surface area contributed by atoms with Crippen molar-refractivity contribution in [2.45, 2.75) is 39.2 Å². The number of amides is 2. The average molecular weight is 357 g/mol. The summed E-state index contributed by atoms with van der Waals surface area (Å²) < 4.78 is 0. The van der Waals surface area contributed by atoms with Gasteiger partial charge in [0.1, 0.15) is 0 Å². The van der Waals surface area contributed by atoms with Crippen molar-refractivity contribution in [1.29, 1.82) is 0 Å². The van der Waals surface area contributed by atoms with E-state index in [9.17, 15) is 9.59 Å². The predicted octanol–water partition coefficient (Wildman–Crippen LogP) is 2.29. The Hall–Kier alpha value is -1.88. The van der Waals surface area contributed by atoms with Crippen LogP contribution < -0.4 is 0 Å². The predicted molar refractivity (Wildman–Crippen MR) is 103 cm³/mol. The fourth-order valence-corrected chi connectivity index (χ4v) is 4.11. The number of rotatable bonds is 5. The zero-order valence-electron chi connectivity index (χ0n) is 16.1. The number of piperidine rings is 1. The summed E-state index contributed by atoms with van der Waals surface area (Å²) in [6, 6.07) is 8.26. The minimum Gasteiger partial charge on any atom is -0.335 e. The lowest BCUT2D eigenvalue weighted by Gasteiger charge is -2.35. The fourth-order valence-electron chi connectivity index (χ4n) is 4.11. The van der Waals surface area contributed by atoms with E-state index < -0.39 is 0 Å². The number of hydrogen-bond donors (Lipinski definition) is 0. The highest BCUT2D eigenvalue weighted by molar-refractivity contribution is 5.86. The van der Waals surface area contributed by atoms with Crippen molar-refractivity contribution in [1.82, 2.24) is 14.7 Å². The summed E-state index contributed by atoms with van der Waals surface area (Å²) >= 11 is 0. The lowest BCUT2D eigenvalue weighted by molar-refractivity contribution is -0.145. The maximum atomic E-state index is 12.5. The van der Waals surface area contributed by atoms with Gasteiger partial charge in [0.05, 0.1) is 6.54 Å². The number of aryl methyl sites for hydroxylation is 1. The minimum absolute atomic E-state index is 0.0588. The second-order valence-electron chi connectivity index (χ2n) is 7.93. The molecule has 0 spiro atoms. The largest absolute Gasteiger partial charge is 0.335 e. The Kier molecular flexibility index (Phi) is 6.30. The second kappa shape index (κ2) is 8.67. The number of benzene rings is 1. The van der Waals surface area contributed by atoms with Crippen LogP contribution in [0, 0.1) is 12.8 Å². The molecule has 2 amide bonds. The Labute approximate surface area is 156 Å². The molecule has 5 nitrogen and oxygen atoms in total. The molecule has 0 aromatic heterocycles. The molecule has 1 aromatic carbocycles. The van der Waals surface area contributed by atoms with E-state index in [4.69, 9.17) is 0 Å². The van der Waals surface area contributed by atoms with Crippen molar-refractivity contribution in [2.24, 2.45) is 5.92 Å². The van der Waals surface area contributed by atoms with Gasteiger partial charge in [-0.05, 0) is 51.3 Å². The molecule has 2 aliphatic heterocycles. The molecule has 1 atom stereocenters. The van der Waals surface area contributed by atoms with Gasteiger partial charge in [0.25, 0.3) is 0 Å². The summed E-state index contributed by atoms with van der Waals surface area (Å²) in [7, 11) is 2.15. The van der Waals surface area contributed by atoms with Crippen molar-refractivity contribution < 1.29 is 9.59 Å². The molecule has 0 radical (unpaired) electrons. The van der Waals surface area contributed by atoms with Crippen molar-refractivity contribution in [3.8, 4) is 0 Å². The molecular weight excluding hydrogens is 326 g/mol. The quantitative estimate of drug-likeness (QED) is 0.812. The van der Waals surface area contributed by atoms with Crippen molar-refractivity contribution in [3.05, 3.63) is 35.4 Å². The molecule has 5 heteroatoms. The van der Waals surface area contributed by atoms with Crippen LogP contribution in [-0.4, -0.2) is 66.3 Å². The van der Waals surface area contributed by atoms with Gasteiger partial charge in [0.2, 0.25) is 11.8 Å². The monoisotopic (exact) mass is 357 g/mol. The van der Waals surface area contributed by atoms with Crippen LogP contribution in [0.1, 0.15) is 36.8 Å². The van der Waals surface area contributed by atoms with E-state index in [1.165, 1.54) is 24.9 Å². The Morgan fingerprint density at radius 2 is 2.08 bits per heavy atom. The van der Waals surface area contributed by atoms with Crippen LogP contribution in [0.4, 0.5) is 0 Å². The third-order valence-corrected chi connectivity index (χ3v) is 5.62. The highest BCUT2D eigenvalue weighted by atomic mass is 16.2. The number of hydrogen-bond acceptors (Lipinski definition) is 3. The normalized spacial score (nSPS) is 21.9. The average Bonchev–Trinajstić information content (AvgIpc) is 2.61. The van der Waals surface area contributed by atoms with E-state index in [2.05, 4.69) is 37.1 Å². The van der Waals surface area contributed by atoms with Gasteiger partial charge in [-0.2, -0.15) is 0 Å². The van der Waals surface area contributed by atoms with E-state index in [1.807, 2.05) is 11.0 Å². The van der Waals surface area contributed by atoms with Gasteiger partial charge < -0.3 is 14.7 Å². The summed E-state index contributed by atoms with van der Waals surface area (Å²) in [4.78, 5) is 31.0. The molecule has 2 saturated heterocycles. The van der Waals surface area contributed by atoms with Crippen LogP contribution in [0.15, 0.2) is 24.3 Å². The molecule has 2 heterocycles. The highest BCUT2D eigenvalue weighted by Gasteiger charge is 2.27. The van der Waals surface area contributed by atoms with Crippen LogP contribution >= 0.6 is 0 Å². The summed E-state index contributed by atoms with van der Waals surface area (Å²) in [5, 5.41) is 0. The van der Waals surface area contributed by atoms with Gasteiger partial charge >= 0.3 is 0 Å². The molecule has 0 aliphatic carbocycles. The lowest BCUT2D eigenvalue weighted by Crippen LogP contribution is -2.51. The van der Waals surface area contributed by atoms with Gasteiger partial charge in [0.15, 0.2) is 0 Å². The van der Waals surface area contributed by atoms with Gasteiger partial charge in [-0.3, -0.25) is 9.59 Å². The topological polar surface area (TPSA) is 43.9 Å². The fraction of sp³-hybridized carbons (Fsp3) is 0.619. The lowest BCUT2D eigenvalue weighted by atomic mass is 9.93. The first-order chi connectivity index (χ1) is 12.5. The Balaban J connectivity index is 1.45. The van der Waals surface area contributed by atoms with E-state index in [0.29, 0.717) is 32.0 Å². The maximum absolute atomic E-state index is 12.5. The first-order valence-electron chi connectivity index (χ1n) is 9.81. The Bertz CT molecular complexity index is 646. The Morgan fingerprint density at radius 3 is 2.81 bits per heavy atom. The number of carbonyl (C=O) groups is 2. The third kappa shape index (κ3) is 5.07. The van der Waals surface area contributed by atoms with Crippen molar-refractivity contribution in [3.63, 3.8) is 0 Å². The summed E-state index contributed by atoms with van der Waals surface area (Å²) in [5.41, 5.74) is 2.36. The number of nitrogens with zero attached hydrogens (tertiary/aromatic N) is 3. The molecule has 0 N–H and O–H groups in total.